The number of benzene rings is 1. The van der Waals surface area contributed by atoms with Gasteiger partial charge in [0.15, 0.2) is 5.43 Å². The summed E-state index contributed by atoms with van der Waals surface area (Å²) in [7, 11) is -3.50. The van der Waals surface area contributed by atoms with Gasteiger partial charge >= 0.3 is 0 Å². The summed E-state index contributed by atoms with van der Waals surface area (Å²) in [5, 5.41) is 0.472. The minimum Gasteiger partial charge on any atom is -0.377 e. The number of anilines is 1. The Labute approximate surface area is 134 Å². The molecule has 1 fully saturated rings. The van der Waals surface area contributed by atoms with E-state index in [4.69, 9.17) is 4.74 Å². The van der Waals surface area contributed by atoms with Crippen molar-refractivity contribution < 1.29 is 13.2 Å². The fraction of sp³-hybridized carbons (Fsp3) is 0.438. The molecule has 2 heterocycles. The highest BCUT2D eigenvalue weighted by molar-refractivity contribution is 7.92. The fourth-order valence-electron chi connectivity index (χ4n) is 2.80. The summed E-state index contributed by atoms with van der Waals surface area (Å²) in [6.07, 6.45) is 2.15. The third-order valence-electron chi connectivity index (χ3n) is 3.97. The van der Waals surface area contributed by atoms with E-state index >= 15 is 0 Å². The Bertz CT molecular complexity index is 867. The van der Waals surface area contributed by atoms with Gasteiger partial charge in [0.2, 0.25) is 10.0 Å². The van der Waals surface area contributed by atoms with Gasteiger partial charge in [-0.3, -0.25) is 9.52 Å². The van der Waals surface area contributed by atoms with E-state index in [2.05, 4.69) is 9.71 Å². The van der Waals surface area contributed by atoms with Gasteiger partial charge in [-0.25, -0.2) is 8.42 Å². The zero-order valence-electron chi connectivity index (χ0n) is 13.0. The van der Waals surface area contributed by atoms with E-state index < -0.39 is 10.0 Å². The van der Waals surface area contributed by atoms with Gasteiger partial charge in [-0.15, -0.1) is 0 Å². The topological polar surface area (TPSA) is 88.3 Å². The molecule has 3 rings (SSSR count). The highest BCUT2D eigenvalue weighted by atomic mass is 32.2. The van der Waals surface area contributed by atoms with Crippen molar-refractivity contribution in [3.8, 4) is 0 Å². The molecule has 1 atom stereocenters. The summed E-state index contributed by atoms with van der Waals surface area (Å²) < 4.78 is 32.3. The molecule has 124 valence electrons. The SMILES string of the molecule is CCc1cc(=O)c2cc(NS(=O)(=O)C[C@H]3CCCO3)ccc2[nH]1. The number of hydrogen-bond donors (Lipinski definition) is 2. The predicted molar refractivity (Wildman–Crippen MR) is 90.3 cm³/mol. The van der Waals surface area contributed by atoms with Crippen LogP contribution in [-0.4, -0.2) is 31.9 Å². The molecule has 2 N–H and O–H groups in total. The lowest BCUT2D eigenvalue weighted by atomic mass is 10.1. The first-order valence-corrected chi connectivity index (χ1v) is 9.40. The molecule has 7 heteroatoms. The Morgan fingerprint density at radius 3 is 2.87 bits per heavy atom. The van der Waals surface area contributed by atoms with Crippen LogP contribution in [0.5, 0.6) is 0 Å². The maximum atomic E-state index is 12.2. The third-order valence-corrected chi connectivity index (χ3v) is 5.33. The van der Waals surface area contributed by atoms with E-state index in [1.807, 2.05) is 6.92 Å². The zero-order valence-corrected chi connectivity index (χ0v) is 13.8. The maximum absolute atomic E-state index is 12.2. The third kappa shape index (κ3) is 3.73. The second-order valence-corrected chi connectivity index (χ2v) is 7.56. The molecular formula is C16H20N2O4S. The van der Waals surface area contributed by atoms with Crippen LogP contribution in [-0.2, 0) is 21.2 Å². The molecule has 0 amide bonds. The van der Waals surface area contributed by atoms with Crippen LogP contribution in [0.2, 0.25) is 0 Å². The summed E-state index contributed by atoms with van der Waals surface area (Å²) in [5.41, 5.74) is 1.84. The van der Waals surface area contributed by atoms with E-state index in [0.717, 1.165) is 25.0 Å². The molecule has 1 aromatic carbocycles. The first-order chi connectivity index (χ1) is 11.0. The van der Waals surface area contributed by atoms with Gasteiger partial charge in [0.25, 0.3) is 0 Å². The lowest BCUT2D eigenvalue weighted by Gasteiger charge is -2.12. The van der Waals surface area contributed by atoms with Crippen molar-refractivity contribution in [3.05, 3.63) is 40.2 Å². The van der Waals surface area contributed by atoms with Crippen molar-refractivity contribution in [2.75, 3.05) is 17.1 Å². The minimum atomic E-state index is -3.50. The lowest BCUT2D eigenvalue weighted by Crippen LogP contribution is -2.25. The van der Waals surface area contributed by atoms with E-state index in [-0.39, 0.29) is 17.3 Å². The molecule has 0 unspecified atom stereocenters. The Kier molecular flexibility index (Phi) is 4.41. The summed E-state index contributed by atoms with van der Waals surface area (Å²) in [4.78, 5) is 15.3. The molecule has 0 saturated carbocycles. The Hall–Kier alpha value is -1.86. The van der Waals surface area contributed by atoms with Crippen molar-refractivity contribution >= 4 is 26.6 Å². The average Bonchev–Trinajstić information content (AvgIpc) is 2.99. The van der Waals surface area contributed by atoms with Gasteiger partial charge in [-0.1, -0.05) is 6.92 Å². The number of rotatable bonds is 5. The van der Waals surface area contributed by atoms with Gasteiger partial charge in [0.05, 0.1) is 11.9 Å². The van der Waals surface area contributed by atoms with Crippen molar-refractivity contribution in [1.82, 2.24) is 4.98 Å². The molecule has 1 aromatic heterocycles. The zero-order chi connectivity index (χ0) is 16.4. The Morgan fingerprint density at radius 2 is 2.17 bits per heavy atom. The molecule has 1 aliphatic rings. The number of hydrogen-bond acceptors (Lipinski definition) is 4. The highest BCUT2D eigenvalue weighted by Gasteiger charge is 2.23. The van der Waals surface area contributed by atoms with E-state index in [0.29, 0.717) is 23.2 Å². The number of aryl methyl sites for hydroxylation is 1. The number of sulfonamides is 1. The molecule has 2 aromatic rings. The highest BCUT2D eigenvalue weighted by Crippen LogP contribution is 2.19. The van der Waals surface area contributed by atoms with Gasteiger partial charge in [0, 0.05) is 35.0 Å². The molecule has 23 heavy (non-hydrogen) atoms. The van der Waals surface area contributed by atoms with Crippen molar-refractivity contribution in [3.63, 3.8) is 0 Å². The summed E-state index contributed by atoms with van der Waals surface area (Å²) in [5.74, 6) is -0.0594. The number of ether oxygens (including phenoxy) is 1. The summed E-state index contributed by atoms with van der Waals surface area (Å²) in [6.45, 7) is 2.58. The molecule has 1 saturated heterocycles. The molecule has 0 spiro atoms. The number of H-pyrrole nitrogens is 1. The van der Waals surface area contributed by atoms with Crippen LogP contribution in [0.4, 0.5) is 5.69 Å². The molecule has 0 aliphatic carbocycles. The summed E-state index contributed by atoms with van der Waals surface area (Å²) >= 11 is 0. The fourth-order valence-corrected chi connectivity index (χ4v) is 4.12. The van der Waals surface area contributed by atoms with E-state index in [1.165, 1.54) is 0 Å². The van der Waals surface area contributed by atoms with E-state index in [9.17, 15) is 13.2 Å². The smallest absolute Gasteiger partial charge is 0.235 e. The van der Waals surface area contributed by atoms with Crippen LogP contribution >= 0.6 is 0 Å². The van der Waals surface area contributed by atoms with Crippen LogP contribution in [0.25, 0.3) is 10.9 Å². The van der Waals surface area contributed by atoms with Gasteiger partial charge in [-0.05, 0) is 37.5 Å². The minimum absolute atomic E-state index is 0.0594. The first-order valence-electron chi connectivity index (χ1n) is 7.75. The quantitative estimate of drug-likeness (QED) is 0.874. The number of fused-ring (bicyclic) bond motifs is 1. The average molecular weight is 336 g/mol. The predicted octanol–water partition coefficient (Wildman–Crippen LogP) is 2.01. The summed E-state index contributed by atoms with van der Waals surface area (Å²) in [6, 6.07) is 6.50. The number of aromatic amines is 1. The van der Waals surface area contributed by atoms with Crippen LogP contribution in [0.3, 0.4) is 0 Å². The number of nitrogens with one attached hydrogen (secondary N) is 2. The van der Waals surface area contributed by atoms with Crippen LogP contribution in [0.15, 0.2) is 29.1 Å². The van der Waals surface area contributed by atoms with Gasteiger partial charge in [-0.2, -0.15) is 0 Å². The van der Waals surface area contributed by atoms with Crippen molar-refractivity contribution in [1.29, 1.82) is 0 Å². The molecule has 0 radical (unpaired) electrons. The standard InChI is InChI=1S/C16H20N2O4S/c1-2-11-9-16(19)14-8-12(5-6-15(14)17-11)18-23(20,21)10-13-4-3-7-22-13/h5-6,8-9,13,18H,2-4,7,10H2,1H3,(H,17,19)/t13-/m1/s1. The normalized spacial score (nSPS) is 18.4. The van der Waals surface area contributed by atoms with E-state index in [1.54, 1.807) is 24.3 Å². The van der Waals surface area contributed by atoms with Crippen molar-refractivity contribution in [2.45, 2.75) is 32.3 Å². The first kappa shape index (κ1) is 16.0. The monoisotopic (exact) mass is 336 g/mol. The second kappa shape index (κ2) is 6.33. The number of aromatic nitrogens is 1. The lowest BCUT2D eigenvalue weighted by molar-refractivity contribution is 0.127. The number of pyridine rings is 1. The molecule has 6 nitrogen and oxygen atoms in total. The second-order valence-electron chi connectivity index (χ2n) is 5.79. The molecular weight excluding hydrogens is 316 g/mol. The van der Waals surface area contributed by atoms with Gasteiger partial charge < -0.3 is 9.72 Å². The van der Waals surface area contributed by atoms with Crippen LogP contribution in [0.1, 0.15) is 25.5 Å². The van der Waals surface area contributed by atoms with Crippen LogP contribution < -0.4 is 10.2 Å². The van der Waals surface area contributed by atoms with Crippen LogP contribution in [0, 0.1) is 0 Å². The molecule has 0 bridgehead atoms. The van der Waals surface area contributed by atoms with Gasteiger partial charge in [0.1, 0.15) is 0 Å². The Balaban J connectivity index is 1.85. The van der Waals surface area contributed by atoms with Crippen molar-refractivity contribution in [2.24, 2.45) is 0 Å². The Morgan fingerprint density at radius 1 is 1.35 bits per heavy atom. The molecule has 1 aliphatic heterocycles. The maximum Gasteiger partial charge on any atom is 0.235 e. The largest absolute Gasteiger partial charge is 0.377 e.